The van der Waals surface area contributed by atoms with Gasteiger partial charge in [0.15, 0.2) is 6.10 Å². The molecule has 3 aliphatic heterocycles. The smallest absolute Gasteiger partial charge is 0.265 e. The van der Waals surface area contributed by atoms with Crippen LogP contribution >= 0.6 is 0 Å². The van der Waals surface area contributed by atoms with E-state index in [2.05, 4.69) is 15.5 Å². The lowest BCUT2D eigenvalue weighted by Crippen LogP contribution is -2.46. The van der Waals surface area contributed by atoms with Crippen molar-refractivity contribution in [2.45, 2.75) is 57.0 Å². The molecule has 0 saturated carbocycles. The summed E-state index contributed by atoms with van der Waals surface area (Å²) >= 11 is 0. The van der Waals surface area contributed by atoms with E-state index >= 15 is 0 Å². The summed E-state index contributed by atoms with van der Waals surface area (Å²) < 4.78 is 34.2. The van der Waals surface area contributed by atoms with E-state index in [0.717, 1.165) is 19.6 Å². The quantitative estimate of drug-likeness (QED) is 0.618. The minimum Gasteiger partial charge on any atom is -0.478 e. The van der Waals surface area contributed by atoms with Gasteiger partial charge < -0.3 is 20.3 Å². The number of likely N-dealkylation sites (tertiary alicyclic amines) is 1. The van der Waals surface area contributed by atoms with Gasteiger partial charge in [0.25, 0.3) is 5.91 Å². The van der Waals surface area contributed by atoms with Crippen molar-refractivity contribution in [1.29, 1.82) is 0 Å². The van der Waals surface area contributed by atoms with Crippen LogP contribution in [0.25, 0.3) is 0 Å². The van der Waals surface area contributed by atoms with Crippen molar-refractivity contribution in [2.24, 2.45) is 5.92 Å². The molecule has 3 heterocycles. The van der Waals surface area contributed by atoms with Crippen LogP contribution < -0.4 is 15.4 Å². The van der Waals surface area contributed by atoms with Crippen LogP contribution in [0.5, 0.6) is 5.75 Å². The van der Waals surface area contributed by atoms with E-state index in [-0.39, 0.29) is 29.2 Å². The molecule has 2 atom stereocenters. The Labute approximate surface area is 195 Å². The summed E-state index contributed by atoms with van der Waals surface area (Å²) in [7, 11) is -3.81. The van der Waals surface area contributed by atoms with E-state index in [9.17, 15) is 18.0 Å². The number of carbonyl (C=O) groups excluding carboxylic acids is 2. The first-order chi connectivity index (χ1) is 15.8. The zero-order valence-electron chi connectivity index (χ0n) is 19.4. The van der Waals surface area contributed by atoms with Crippen LogP contribution in [-0.2, 0) is 19.6 Å². The third-order valence-electron chi connectivity index (χ3n) is 6.77. The summed E-state index contributed by atoms with van der Waals surface area (Å²) in [6.45, 7) is 7.69. The van der Waals surface area contributed by atoms with Crippen LogP contribution in [0, 0.1) is 12.8 Å². The average Bonchev–Trinajstić information content (AvgIpc) is 3.31. The number of ether oxygens (including phenoxy) is 1. The highest BCUT2D eigenvalue weighted by atomic mass is 32.2. The highest BCUT2D eigenvalue weighted by Gasteiger charge is 2.35. The summed E-state index contributed by atoms with van der Waals surface area (Å²) in [6, 6.07) is 3.14. The molecule has 2 N–H and O–H groups in total. The molecule has 0 radical (unpaired) electrons. The number of rotatable bonds is 7. The van der Waals surface area contributed by atoms with E-state index in [0.29, 0.717) is 49.4 Å². The minimum absolute atomic E-state index is 0.0758. The summed E-state index contributed by atoms with van der Waals surface area (Å²) in [5, 5.41) is 5.79. The molecule has 9 nitrogen and oxygen atoms in total. The van der Waals surface area contributed by atoms with Crippen LogP contribution in [0.2, 0.25) is 0 Å². The molecule has 2 saturated heterocycles. The fourth-order valence-electron chi connectivity index (χ4n) is 4.83. The number of piperidine rings is 1. The SMILES string of the molecule is CC[C@@H]1Oc2cc(S(=O)(=O)N3CCC[C@@H](C(=O)NCCN4CCCC4)C3)c(C)cc2NC1=O. The van der Waals surface area contributed by atoms with Gasteiger partial charge in [0.2, 0.25) is 15.9 Å². The molecule has 182 valence electrons. The molecular formula is C23H34N4O5S. The maximum atomic E-state index is 13.5. The van der Waals surface area contributed by atoms with Gasteiger partial charge in [-0.2, -0.15) is 4.31 Å². The first kappa shape index (κ1) is 24.0. The Morgan fingerprint density at radius 3 is 2.70 bits per heavy atom. The van der Waals surface area contributed by atoms with Gasteiger partial charge in [0, 0.05) is 32.2 Å². The van der Waals surface area contributed by atoms with Crippen molar-refractivity contribution in [3.8, 4) is 5.75 Å². The maximum Gasteiger partial charge on any atom is 0.265 e. The number of anilines is 1. The molecule has 2 fully saturated rings. The van der Waals surface area contributed by atoms with Crippen molar-refractivity contribution in [1.82, 2.24) is 14.5 Å². The lowest BCUT2D eigenvalue weighted by atomic mass is 9.99. The molecule has 3 aliphatic rings. The first-order valence-corrected chi connectivity index (χ1v) is 13.4. The number of carbonyl (C=O) groups is 2. The van der Waals surface area contributed by atoms with Crippen LogP contribution in [0.15, 0.2) is 17.0 Å². The highest BCUT2D eigenvalue weighted by Crippen LogP contribution is 2.36. The molecule has 10 heteroatoms. The standard InChI is InChI=1S/C23H34N4O5S/c1-3-19-23(29)25-18-13-16(2)21(14-20(18)32-19)33(30,31)27-11-6-7-17(15-27)22(28)24-8-12-26-9-4-5-10-26/h13-14,17,19H,3-12,15H2,1-2H3,(H,24,28)(H,25,29)/t17-,19+/m1/s1. The Hall–Kier alpha value is -2.17. The summed E-state index contributed by atoms with van der Waals surface area (Å²) in [6.07, 6.45) is 3.58. The monoisotopic (exact) mass is 478 g/mol. The second kappa shape index (κ2) is 9.99. The molecule has 0 aromatic heterocycles. The van der Waals surface area contributed by atoms with Gasteiger partial charge in [0.05, 0.1) is 16.5 Å². The largest absolute Gasteiger partial charge is 0.478 e. The van der Waals surface area contributed by atoms with E-state index in [1.165, 1.54) is 23.2 Å². The molecule has 0 unspecified atom stereocenters. The van der Waals surface area contributed by atoms with Crippen LogP contribution in [0.1, 0.15) is 44.6 Å². The number of hydrogen-bond donors (Lipinski definition) is 2. The van der Waals surface area contributed by atoms with Gasteiger partial charge >= 0.3 is 0 Å². The molecule has 0 bridgehead atoms. The number of nitrogens with one attached hydrogen (secondary N) is 2. The molecule has 2 amide bonds. The van der Waals surface area contributed by atoms with Crippen molar-refractivity contribution in [2.75, 3.05) is 44.6 Å². The maximum absolute atomic E-state index is 13.5. The zero-order chi connectivity index (χ0) is 23.6. The minimum atomic E-state index is -3.81. The Kier molecular flexibility index (Phi) is 7.25. The molecule has 4 rings (SSSR count). The Balaban J connectivity index is 1.44. The Bertz CT molecular complexity index is 1010. The number of amides is 2. The number of fused-ring (bicyclic) bond motifs is 1. The van der Waals surface area contributed by atoms with E-state index < -0.39 is 16.1 Å². The summed E-state index contributed by atoms with van der Waals surface area (Å²) in [5.74, 6) is -0.299. The Morgan fingerprint density at radius 2 is 1.97 bits per heavy atom. The third-order valence-corrected chi connectivity index (χ3v) is 8.77. The molecule has 0 spiro atoms. The fraction of sp³-hybridized carbons (Fsp3) is 0.652. The highest BCUT2D eigenvalue weighted by molar-refractivity contribution is 7.89. The second-order valence-corrected chi connectivity index (χ2v) is 11.1. The van der Waals surface area contributed by atoms with Crippen molar-refractivity contribution in [3.63, 3.8) is 0 Å². The second-order valence-electron chi connectivity index (χ2n) is 9.16. The van der Waals surface area contributed by atoms with E-state index in [1.54, 1.807) is 13.0 Å². The third kappa shape index (κ3) is 5.17. The van der Waals surface area contributed by atoms with Crippen molar-refractivity contribution >= 4 is 27.5 Å². The number of aryl methyl sites for hydroxylation is 1. The van der Waals surface area contributed by atoms with E-state index in [4.69, 9.17) is 4.74 Å². The number of sulfonamides is 1. The lowest BCUT2D eigenvalue weighted by molar-refractivity contribution is -0.126. The predicted octanol–water partition coefficient (Wildman–Crippen LogP) is 1.72. The number of benzene rings is 1. The molecule has 1 aromatic carbocycles. The molecular weight excluding hydrogens is 444 g/mol. The molecule has 1 aromatic rings. The van der Waals surface area contributed by atoms with Gasteiger partial charge in [-0.3, -0.25) is 9.59 Å². The van der Waals surface area contributed by atoms with Gasteiger partial charge in [0.1, 0.15) is 5.75 Å². The number of nitrogens with zero attached hydrogens (tertiary/aromatic N) is 2. The fourth-order valence-corrected chi connectivity index (χ4v) is 6.58. The molecule has 0 aliphatic carbocycles. The van der Waals surface area contributed by atoms with E-state index in [1.807, 2.05) is 6.92 Å². The van der Waals surface area contributed by atoms with Gasteiger partial charge in [-0.05, 0) is 63.7 Å². The van der Waals surface area contributed by atoms with Crippen LogP contribution in [-0.4, -0.2) is 74.8 Å². The zero-order valence-corrected chi connectivity index (χ0v) is 20.2. The Morgan fingerprint density at radius 1 is 1.21 bits per heavy atom. The first-order valence-electron chi connectivity index (χ1n) is 11.9. The van der Waals surface area contributed by atoms with Crippen molar-refractivity contribution in [3.05, 3.63) is 17.7 Å². The van der Waals surface area contributed by atoms with Gasteiger partial charge in [-0.15, -0.1) is 0 Å². The summed E-state index contributed by atoms with van der Waals surface area (Å²) in [5.41, 5.74) is 1.01. The number of hydrogen-bond acceptors (Lipinski definition) is 6. The lowest BCUT2D eigenvalue weighted by Gasteiger charge is -2.32. The van der Waals surface area contributed by atoms with Gasteiger partial charge in [-0.1, -0.05) is 6.92 Å². The normalized spacial score (nSPS) is 24.1. The van der Waals surface area contributed by atoms with Crippen molar-refractivity contribution < 1.29 is 22.7 Å². The van der Waals surface area contributed by atoms with Gasteiger partial charge in [-0.25, -0.2) is 8.42 Å². The average molecular weight is 479 g/mol. The molecule has 33 heavy (non-hydrogen) atoms. The summed E-state index contributed by atoms with van der Waals surface area (Å²) in [4.78, 5) is 27.3. The topological polar surface area (TPSA) is 108 Å². The van der Waals surface area contributed by atoms with Crippen LogP contribution in [0.4, 0.5) is 5.69 Å². The predicted molar refractivity (Wildman–Crippen MR) is 125 cm³/mol. The van der Waals surface area contributed by atoms with Crippen LogP contribution in [0.3, 0.4) is 0 Å².